The first-order chi connectivity index (χ1) is 12.3. The highest BCUT2D eigenvalue weighted by Crippen LogP contribution is 2.30. The van der Waals surface area contributed by atoms with Gasteiger partial charge in [0.2, 0.25) is 5.16 Å². The number of aromatic nitrogens is 6. The quantitative estimate of drug-likeness (QED) is 0.541. The molecule has 0 atom stereocenters. The van der Waals surface area contributed by atoms with E-state index >= 15 is 0 Å². The van der Waals surface area contributed by atoms with Gasteiger partial charge < -0.3 is 4.98 Å². The molecule has 0 unspecified atom stereocenters. The fourth-order valence-electron chi connectivity index (χ4n) is 3.55. The zero-order chi connectivity index (χ0) is 17.1. The first-order valence-corrected chi connectivity index (χ1v) is 9.90. The average molecular weight is 358 g/mol. The van der Waals surface area contributed by atoms with Gasteiger partial charge in [0.05, 0.1) is 17.1 Å². The van der Waals surface area contributed by atoms with Crippen molar-refractivity contribution in [3.05, 3.63) is 34.7 Å². The molecule has 25 heavy (non-hydrogen) atoms. The molecule has 8 heteroatoms. The topological polar surface area (TPSA) is 81.4 Å². The third kappa shape index (κ3) is 3.49. The van der Waals surface area contributed by atoms with E-state index in [9.17, 15) is 4.79 Å². The van der Waals surface area contributed by atoms with E-state index in [1.165, 1.54) is 32.1 Å². The van der Waals surface area contributed by atoms with Gasteiger partial charge in [-0.1, -0.05) is 43.2 Å². The number of nitrogens with zero attached hydrogens (tertiary/aromatic N) is 5. The van der Waals surface area contributed by atoms with Crippen LogP contribution in [-0.2, 0) is 6.54 Å². The number of imidazole rings is 1. The number of rotatable bonds is 6. The minimum Gasteiger partial charge on any atom is -0.306 e. The van der Waals surface area contributed by atoms with Crippen molar-refractivity contribution in [1.29, 1.82) is 0 Å². The second-order valence-electron chi connectivity index (χ2n) is 6.50. The number of nitrogens with one attached hydrogen (secondary N) is 1. The first-order valence-electron chi connectivity index (χ1n) is 8.91. The van der Waals surface area contributed by atoms with Crippen molar-refractivity contribution in [2.45, 2.75) is 56.3 Å². The fourth-order valence-corrected chi connectivity index (χ4v) is 4.42. The monoisotopic (exact) mass is 358 g/mol. The van der Waals surface area contributed by atoms with Crippen molar-refractivity contribution < 1.29 is 0 Å². The molecule has 1 N–H and O–H groups in total. The van der Waals surface area contributed by atoms with Crippen molar-refractivity contribution in [2.75, 3.05) is 5.75 Å². The number of H-pyrrole nitrogens is 1. The number of tetrazole rings is 1. The third-order valence-corrected chi connectivity index (χ3v) is 5.84. The summed E-state index contributed by atoms with van der Waals surface area (Å²) in [7, 11) is 0. The smallest absolute Gasteiger partial charge is 0.306 e. The van der Waals surface area contributed by atoms with Gasteiger partial charge in [-0.3, -0.25) is 4.57 Å². The van der Waals surface area contributed by atoms with Gasteiger partial charge in [-0.05, 0) is 41.8 Å². The van der Waals surface area contributed by atoms with Crippen LogP contribution in [0.25, 0.3) is 11.0 Å². The van der Waals surface area contributed by atoms with Crippen molar-refractivity contribution in [3.8, 4) is 0 Å². The van der Waals surface area contributed by atoms with Crippen LogP contribution in [0.4, 0.5) is 0 Å². The summed E-state index contributed by atoms with van der Waals surface area (Å²) in [6.45, 7) is 0.695. The highest BCUT2D eigenvalue weighted by atomic mass is 32.2. The Balaban J connectivity index is 1.36. The Morgan fingerprint density at radius 3 is 2.92 bits per heavy atom. The molecule has 2 heterocycles. The van der Waals surface area contributed by atoms with Crippen LogP contribution in [0.2, 0.25) is 0 Å². The molecule has 0 bridgehead atoms. The Morgan fingerprint density at radius 1 is 1.20 bits per heavy atom. The highest BCUT2D eigenvalue weighted by Gasteiger charge is 2.20. The summed E-state index contributed by atoms with van der Waals surface area (Å²) in [6.07, 6.45) is 7.08. The molecule has 0 radical (unpaired) electrons. The van der Waals surface area contributed by atoms with Crippen LogP contribution >= 0.6 is 11.8 Å². The lowest BCUT2D eigenvalue weighted by molar-refractivity contribution is 0.307. The Bertz CT molecular complexity index is 892. The van der Waals surface area contributed by atoms with Gasteiger partial charge in [0.1, 0.15) is 0 Å². The molecular weight excluding hydrogens is 336 g/mol. The lowest BCUT2D eigenvalue weighted by Gasteiger charge is -2.21. The van der Waals surface area contributed by atoms with Gasteiger partial charge in [0.15, 0.2) is 0 Å². The minimum atomic E-state index is -0.0433. The first kappa shape index (κ1) is 16.4. The largest absolute Gasteiger partial charge is 0.326 e. The van der Waals surface area contributed by atoms with Gasteiger partial charge in [0.25, 0.3) is 0 Å². The number of aromatic amines is 1. The Labute approximate surface area is 149 Å². The number of para-hydroxylation sites is 2. The third-order valence-electron chi connectivity index (χ3n) is 4.82. The molecule has 7 nitrogen and oxygen atoms in total. The predicted octanol–water partition coefficient (Wildman–Crippen LogP) is 3.00. The van der Waals surface area contributed by atoms with Crippen LogP contribution in [0.1, 0.15) is 44.6 Å². The maximum absolute atomic E-state index is 12.1. The number of benzene rings is 1. The summed E-state index contributed by atoms with van der Waals surface area (Å²) < 4.78 is 3.81. The van der Waals surface area contributed by atoms with Crippen LogP contribution in [0.3, 0.4) is 0 Å². The van der Waals surface area contributed by atoms with Crippen LogP contribution in [0, 0.1) is 0 Å². The van der Waals surface area contributed by atoms with Crippen molar-refractivity contribution in [1.82, 2.24) is 29.8 Å². The van der Waals surface area contributed by atoms with E-state index in [0.29, 0.717) is 12.6 Å². The molecule has 4 rings (SSSR count). The molecule has 1 fully saturated rings. The highest BCUT2D eigenvalue weighted by molar-refractivity contribution is 7.99. The van der Waals surface area contributed by atoms with E-state index in [0.717, 1.165) is 28.4 Å². The van der Waals surface area contributed by atoms with Gasteiger partial charge in [-0.2, -0.15) is 0 Å². The number of fused-ring (bicyclic) bond motifs is 1. The number of hydrogen-bond donors (Lipinski definition) is 1. The predicted molar refractivity (Wildman–Crippen MR) is 97.8 cm³/mol. The molecule has 0 spiro atoms. The lowest BCUT2D eigenvalue weighted by atomic mass is 9.96. The van der Waals surface area contributed by atoms with Gasteiger partial charge >= 0.3 is 5.69 Å². The SMILES string of the molecule is O=c1[nH]c2ccccc2n1CCCSc1nnnn1C1CCCCC1. The Kier molecular flexibility index (Phi) is 4.87. The van der Waals surface area contributed by atoms with Crippen LogP contribution < -0.4 is 5.69 Å². The summed E-state index contributed by atoms with van der Waals surface area (Å²) >= 11 is 1.68. The molecule has 132 valence electrons. The Hall–Kier alpha value is -2.09. The van der Waals surface area contributed by atoms with Crippen LogP contribution in [0.15, 0.2) is 34.2 Å². The van der Waals surface area contributed by atoms with Crippen LogP contribution in [0.5, 0.6) is 0 Å². The lowest BCUT2D eigenvalue weighted by Crippen LogP contribution is -2.17. The van der Waals surface area contributed by atoms with Crippen molar-refractivity contribution in [3.63, 3.8) is 0 Å². The summed E-state index contributed by atoms with van der Waals surface area (Å²) in [5.41, 5.74) is 1.81. The standard InChI is InChI=1S/C17H22N6OS/c24-16-18-14-9-4-5-10-15(14)22(16)11-6-12-25-17-19-20-21-23(17)13-7-2-1-3-8-13/h4-5,9-10,13H,1-3,6-8,11-12H2,(H,18,24). The molecule has 0 aliphatic heterocycles. The minimum absolute atomic E-state index is 0.0433. The maximum Gasteiger partial charge on any atom is 0.326 e. The molecule has 1 aliphatic carbocycles. The van der Waals surface area contributed by atoms with E-state index in [1.807, 2.05) is 28.9 Å². The number of hydrogen-bond acceptors (Lipinski definition) is 5. The number of thioether (sulfide) groups is 1. The fraction of sp³-hybridized carbons (Fsp3) is 0.529. The van der Waals surface area contributed by atoms with Gasteiger partial charge in [-0.25, -0.2) is 9.48 Å². The molecule has 0 amide bonds. The average Bonchev–Trinajstić information content (AvgIpc) is 3.23. The van der Waals surface area contributed by atoms with E-state index in [2.05, 4.69) is 20.5 Å². The second kappa shape index (κ2) is 7.43. The van der Waals surface area contributed by atoms with Crippen LogP contribution in [-0.4, -0.2) is 35.5 Å². The zero-order valence-electron chi connectivity index (χ0n) is 14.1. The van der Waals surface area contributed by atoms with Gasteiger partial charge in [-0.15, -0.1) is 5.10 Å². The van der Waals surface area contributed by atoms with E-state index in [4.69, 9.17) is 0 Å². The normalized spacial score (nSPS) is 15.8. The summed E-state index contributed by atoms with van der Waals surface area (Å²) in [4.78, 5) is 15.0. The van der Waals surface area contributed by atoms with E-state index < -0.39 is 0 Å². The molecule has 1 saturated carbocycles. The molecule has 1 aliphatic rings. The maximum atomic E-state index is 12.1. The molecule has 0 saturated heterocycles. The van der Waals surface area contributed by atoms with E-state index in [1.54, 1.807) is 16.3 Å². The molecule has 1 aromatic carbocycles. The van der Waals surface area contributed by atoms with Gasteiger partial charge in [0, 0.05) is 12.3 Å². The van der Waals surface area contributed by atoms with Crippen molar-refractivity contribution >= 4 is 22.8 Å². The summed E-state index contributed by atoms with van der Waals surface area (Å²) in [5, 5.41) is 13.1. The molecular formula is C17H22N6OS. The summed E-state index contributed by atoms with van der Waals surface area (Å²) in [6, 6.07) is 8.25. The summed E-state index contributed by atoms with van der Waals surface area (Å²) in [5.74, 6) is 0.888. The van der Waals surface area contributed by atoms with E-state index in [-0.39, 0.29) is 5.69 Å². The molecule has 3 aromatic rings. The zero-order valence-corrected chi connectivity index (χ0v) is 14.9. The Morgan fingerprint density at radius 2 is 2.04 bits per heavy atom. The number of aryl methyl sites for hydroxylation is 1. The molecule has 2 aromatic heterocycles. The van der Waals surface area contributed by atoms with Crippen molar-refractivity contribution in [2.24, 2.45) is 0 Å². The second-order valence-corrected chi connectivity index (χ2v) is 7.56.